The quantitative estimate of drug-likeness (QED) is 0.110. The average Bonchev–Trinajstić information content (AvgIpc) is 3.19. The zero-order chi connectivity index (χ0) is 22.6. The van der Waals surface area contributed by atoms with Crippen molar-refractivity contribution in [2.24, 2.45) is 4.99 Å². The van der Waals surface area contributed by atoms with Crippen molar-refractivity contribution in [1.82, 2.24) is 0 Å². The topological polar surface area (TPSA) is 32.6 Å². The molecule has 0 aliphatic carbocycles. The third-order valence-electron chi connectivity index (χ3n) is 7.35. The van der Waals surface area contributed by atoms with Crippen molar-refractivity contribution in [2.45, 2.75) is 149 Å². The molecular formula is C28H55N2O+. The second-order valence-corrected chi connectivity index (χ2v) is 9.83. The summed E-state index contributed by atoms with van der Waals surface area (Å²) in [4.78, 5) is 4.68. The van der Waals surface area contributed by atoms with Gasteiger partial charge in [-0.15, -0.1) is 0 Å². The summed E-state index contributed by atoms with van der Waals surface area (Å²) in [6.07, 6.45) is 31.3. The molecule has 0 bridgehead atoms. The summed E-state index contributed by atoms with van der Waals surface area (Å²) in [5.74, 6) is 0. The van der Waals surface area contributed by atoms with E-state index >= 15 is 0 Å². The van der Waals surface area contributed by atoms with Gasteiger partial charge in [0.1, 0.15) is 6.54 Å². The molecule has 0 saturated carbocycles. The number of hydrogen-bond donors (Lipinski definition) is 1. The Labute approximate surface area is 195 Å². The van der Waals surface area contributed by atoms with E-state index in [0.29, 0.717) is 0 Å². The zero-order valence-electron chi connectivity index (χ0n) is 21.4. The summed E-state index contributed by atoms with van der Waals surface area (Å²) < 4.78 is 0.744. The van der Waals surface area contributed by atoms with Crippen LogP contribution in [0.2, 0.25) is 0 Å². The third-order valence-corrected chi connectivity index (χ3v) is 7.35. The van der Waals surface area contributed by atoms with Crippen molar-refractivity contribution < 1.29 is 9.59 Å². The molecular weight excluding hydrogens is 380 g/mol. The second kappa shape index (κ2) is 18.9. The Kier molecular flexibility index (Phi) is 17.3. The molecule has 3 nitrogen and oxygen atoms in total. The fourth-order valence-electron chi connectivity index (χ4n) is 5.02. The zero-order valence-corrected chi connectivity index (χ0v) is 21.4. The molecule has 1 rings (SSSR count). The smallest absolute Gasteiger partial charge is 0.189 e. The van der Waals surface area contributed by atoms with Crippen LogP contribution in [0, 0.1) is 0 Å². The Morgan fingerprint density at radius 2 is 1.29 bits per heavy atom. The lowest BCUT2D eigenvalue weighted by Gasteiger charge is -2.40. The molecule has 0 amide bonds. The van der Waals surface area contributed by atoms with Gasteiger partial charge >= 0.3 is 0 Å². The van der Waals surface area contributed by atoms with Crippen molar-refractivity contribution in [1.29, 1.82) is 0 Å². The van der Waals surface area contributed by atoms with Gasteiger partial charge in [0, 0.05) is 13.3 Å². The Morgan fingerprint density at radius 3 is 1.77 bits per heavy atom. The maximum Gasteiger partial charge on any atom is 0.189 e. The van der Waals surface area contributed by atoms with E-state index in [9.17, 15) is 5.11 Å². The average molecular weight is 436 g/mol. The maximum absolute atomic E-state index is 10.2. The number of aliphatic hydroxyl groups excluding tert-OH is 1. The highest BCUT2D eigenvalue weighted by atomic mass is 16.3. The standard InChI is InChI=1S/C28H55N2O/c1-4-6-7-8-9-10-11-12-13-14-15-16-17-18-19-20-21-22-23-24-28-29-25-26-30(28,5-2)27(3)31/h12-13,25,27-28,31H,4-11,14-24,26H2,1-3H3/q+1/b13-12+. The van der Waals surface area contributed by atoms with E-state index in [4.69, 9.17) is 0 Å². The van der Waals surface area contributed by atoms with Gasteiger partial charge in [0.15, 0.2) is 12.4 Å². The number of allylic oxidation sites excluding steroid dienone is 2. The van der Waals surface area contributed by atoms with Crippen LogP contribution >= 0.6 is 0 Å². The molecule has 0 fully saturated rings. The van der Waals surface area contributed by atoms with Crippen LogP contribution in [-0.4, -0.2) is 41.3 Å². The number of unbranched alkanes of at least 4 members (excludes halogenated alkanes) is 15. The molecule has 31 heavy (non-hydrogen) atoms. The van der Waals surface area contributed by atoms with E-state index in [0.717, 1.165) is 24.0 Å². The van der Waals surface area contributed by atoms with Crippen molar-refractivity contribution in [3.05, 3.63) is 12.2 Å². The number of rotatable bonds is 21. The summed E-state index contributed by atoms with van der Waals surface area (Å²) in [6, 6.07) is 0. The molecule has 1 N–H and O–H groups in total. The number of aliphatic hydroxyl groups is 1. The van der Waals surface area contributed by atoms with Crippen LogP contribution in [0.1, 0.15) is 136 Å². The van der Waals surface area contributed by atoms with Crippen molar-refractivity contribution in [3.8, 4) is 0 Å². The molecule has 0 saturated heterocycles. The first-order valence-electron chi connectivity index (χ1n) is 13.9. The fraction of sp³-hybridized carbons (Fsp3) is 0.893. The van der Waals surface area contributed by atoms with E-state index in [-0.39, 0.29) is 12.4 Å². The lowest BCUT2D eigenvalue weighted by Crippen LogP contribution is -2.57. The first-order chi connectivity index (χ1) is 15.2. The lowest BCUT2D eigenvalue weighted by molar-refractivity contribution is -0.976. The monoisotopic (exact) mass is 435 g/mol. The summed E-state index contributed by atoms with van der Waals surface area (Å²) in [5, 5.41) is 10.2. The Hall–Kier alpha value is -0.670. The van der Waals surface area contributed by atoms with Crippen molar-refractivity contribution in [3.63, 3.8) is 0 Å². The summed E-state index contributed by atoms with van der Waals surface area (Å²) in [6.45, 7) is 8.26. The van der Waals surface area contributed by atoms with Crippen LogP contribution in [-0.2, 0) is 0 Å². The van der Waals surface area contributed by atoms with E-state index < -0.39 is 0 Å². The predicted octanol–water partition coefficient (Wildman–Crippen LogP) is 8.17. The third kappa shape index (κ3) is 12.2. The van der Waals surface area contributed by atoms with Gasteiger partial charge in [-0.25, -0.2) is 4.99 Å². The Bertz CT molecular complexity index is 460. The highest BCUT2D eigenvalue weighted by molar-refractivity contribution is 5.60. The SMILES string of the molecule is CCCCCCCC/C=C/CCCCCCCCCCCC1N=CC[N+]1(CC)C(C)O. The second-order valence-electron chi connectivity index (χ2n) is 9.83. The molecule has 0 aromatic rings. The van der Waals surface area contributed by atoms with Crippen LogP contribution in [0.4, 0.5) is 0 Å². The van der Waals surface area contributed by atoms with Gasteiger partial charge in [-0.2, -0.15) is 0 Å². The van der Waals surface area contributed by atoms with E-state index in [1.165, 1.54) is 109 Å². The van der Waals surface area contributed by atoms with Crippen molar-refractivity contribution in [2.75, 3.05) is 13.1 Å². The van der Waals surface area contributed by atoms with Crippen LogP contribution < -0.4 is 0 Å². The normalized spacial score (nSPS) is 22.0. The summed E-state index contributed by atoms with van der Waals surface area (Å²) >= 11 is 0. The van der Waals surface area contributed by atoms with Crippen LogP contribution in [0.5, 0.6) is 0 Å². The molecule has 0 aromatic heterocycles. The highest BCUT2D eigenvalue weighted by Crippen LogP contribution is 2.26. The molecule has 1 aliphatic heterocycles. The summed E-state index contributed by atoms with van der Waals surface area (Å²) in [5.41, 5.74) is 0. The molecule has 0 spiro atoms. The van der Waals surface area contributed by atoms with Crippen LogP contribution in [0.25, 0.3) is 0 Å². The molecule has 182 valence electrons. The fourth-order valence-corrected chi connectivity index (χ4v) is 5.02. The maximum atomic E-state index is 10.2. The minimum Gasteiger partial charge on any atom is -0.345 e. The molecule has 0 radical (unpaired) electrons. The minimum absolute atomic E-state index is 0.282. The van der Waals surface area contributed by atoms with Gasteiger partial charge in [0.25, 0.3) is 0 Å². The first kappa shape index (κ1) is 28.4. The van der Waals surface area contributed by atoms with Crippen LogP contribution in [0.15, 0.2) is 17.1 Å². The van der Waals surface area contributed by atoms with Gasteiger partial charge in [-0.05, 0) is 39.0 Å². The van der Waals surface area contributed by atoms with Gasteiger partial charge in [-0.3, -0.25) is 4.48 Å². The van der Waals surface area contributed by atoms with E-state index in [1.54, 1.807) is 0 Å². The molecule has 3 heteroatoms. The van der Waals surface area contributed by atoms with Crippen LogP contribution in [0.3, 0.4) is 0 Å². The molecule has 3 unspecified atom stereocenters. The molecule has 1 aliphatic rings. The number of quaternary nitrogens is 1. The highest BCUT2D eigenvalue weighted by Gasteiger charge is 2.41. The molecule has 0 aromatic carbocycles. The van der Waals surface area contributed by atoms with Gasteiger partial charge in [0.05, 0.1) is 12.8 Å². The van der Waals surface area contributed by atoms with E-state index in [1.807, 2.05) is 13.1 Å². The van der Waals surface area contributed by atoms with Crippen molar-refractivity contribution >= 4 is 6.21 Å². The van der Waals surface area contributed by atoms with Gasteiger partial charge < -0.3 is 5.11 Å². The molecule has 3 atom stereocenters. The number of nitrogens with zero attached hydrogens (tertiary/aromatic N) is 2. The largest absolute Gasteiger partial charge is 0.345 e. The first-order valence-corrected chi connectivity index (χ1v) is 13.9. The van der Waals surface area contributed by atoms with Gasteiger partial charge in [0.2, 0.25) is 0 Å². The number of hydrogen-bond acceptors (Lipinski definition) is 2. The number of aliphatic imine (C=N–C) groups is 1. The van der Waals surface area contributed by atoms with Gasteiger partial charge in [-0.1, -0.05) is 96.1 Å². The lowest BCUT2D eigenvalue weighted by atomic mass is 10.0. The Balaban J connectivity index is 1.85. The molecule has 1 heterocycles. The summed E-state index contributed by atoms with van der Waals surface area (Å²) in [7, 11) is 0. The minimum atomic E-state index is -0.312. The Morgan fingerprint density at radius 1 is 0.806 bits per heavy atom. The van der Waals surface area contributed by atoms with E-state index in [2.05, 4.69) is 31.0 Å². The predicted molar refractivity (Wildman–Crippen MR) is 138 cm³/mol.